The fourth-order valence-electron chi connectivity index (χ4n) is 3.95. The Morgan fingerprint density at radius 1 is 0.643 bits per heavy atom. The highest BCUT2D eigenvalue weighted by molar-refractivity contribution is 6.18. The van der Waals surface area contributed by atoms with Crippen LogP contribution in [0.15, 0.2) is 97.1 Å². The Balaban J connectivity index is 1.94. The van der Waals surface area contributed by atoms with Gasteiger partial charge in [0.2, 0.25) is 0 Å². The molecule has 0 saturated heterocycles. The van der Waals surface area contributed by atoms with E-state index in [2.05, 4.69) is 71.3 Å². The molecule has 0 fully saturated rings. The highest BCUT2D eigenvalue weighted by atomic mass is 16.5. The summed E-state index contributed by atoms with van der Waals surface area (Å²) in [6.45, 7) is 0. The molecule has 28 heavy (non-hydrogen) atoms. The van der Waals surface area contributed by atoms with Crippen molar-refractivity contribution in [3.63, 3.8) is 0 Å². The van der Waals surface area contributed by atoms with Crippen LogP contribution in [0.3, 0.4) is 0 Å². The molecule has 1 N–H and O–H groups in total. The van der Waals surface area contributed by atoms with E-state index >= 15 is 0 Å². The summed E-state index contributed by atoms with van der Waals surface area (Å²) in [5.74, 6) is 0.648. The van der Waals surface area contributed by atoms with Crippen molar-refractivity contribution in [2.24, 2.45) is 0 Å². The second-order valence-electron chi connectivity index (χ2n) is 6.66. The van der Waals surface area contributed by atoms with Gasteiger partial charge < -0.3 is 14.2 Å². The molecule has 4 heteroatoms. The van der Waals surface area contributed by atoms with Gasteiger partial charge in [-0.1, -0.05) is 78.9 Å². The Labute approximate surface area is 163 Å². The van der Waals surface area contributed by atoms with Crippen molar-refractivity contribution in [3.05, 3.63) is 97.1 Å². The van der Waals surface area contributed by atoms with E-state index in [0.29, 0.717) is 5.75 Å². The van der Waals surface area contributed by atoms with Crippen LogP contribution in [0.4, 0.5) is 0 Å². The van der Waals surface area contributed by atoms with Gasteiger partial charge in [0.1, 0.15) is 5.75 Å². The molecule has 1 heterocycles. The first-order valence-electron chi connectivity index (χ1n) is 9.29. The fraction of sp³-hybridized carbons (Fsp3) is 0. The van der Waals surface area contributed by atoms with Crippen LogP contribution in [0.2, 0.25) is 0 Å². The standard InChI is InChI=1S/C24H18BNO2/c27-25-28-23-16-8-13-18(17-9-2-1-3-10-17)24(23)26-21-14-6-4-11-19(21)20-12-5-7-15-22(20)26/h1-16,25,27H. The summed E-state index contributed by atoms with van der Waals surface area (Å²) >= 11 is 0. The molecule has 5 rings (SSSR count). The van der Waals surface area contributed by atoms with Gasteiger partial charge in [0.25, 0.3) is 0 Å². The molecule has 5 aromatic rings. The lowest BCUT2D eigenvalue weighted by molar-refractivity contribution is 0.453. The predicted octanol–water partition coefficient (Wildman–Crippen LogP) is 5.09. The Kier molecular flexibility index (Phi) is 4.11. The van der Waals surface area contributed by atoms with Crippen LogP contribution in [0.5, 0.6) is 5.75 Å². The van der Waals surface area contributed by atoms with E-state index in [1.165, 1.54) is 10.8 Å². The molecule has 0 aliphatic carbocycles. The highest BCUT2D eigenvalue weighted by Gasteiger charge is 2.19. The molecule has 0 aliphatic rings. The summed E-state index contributed by atoms with van der Waals surface area (Å²) in [5.41, 5.74) is 5.30. The van der Waals surface area contributed by atoms with E-state index in [0.717, 1.165) is 27.8 Å². The number of nitrogens with zero attached hydrogens (tertiary/aromatic N) is 1. The van der Waals surface area contributed by atoms with Gasteiger partial charge >= 0.3 is 7.69 Å². The molecule has 0 bridgehead atoms. The zero-order valence-electron chi connectivity index (χ0n) is 15.2. The summed E-state index contributed by atoms with van der Waals surface area (Å²) in [7, 11) is -0.373. The monoisotopic (exact) mass is 363 g/mol. The molecule has 0 saturated carbocycles. The minimum absolute atomic E-state index is 0.373. The summed E-state index contributed by atoms with van der Waals surface area (Å²) in [6, 6.07) is 33.0. The van der Waals surface area contributed by atoms with Gasteiger partial charge in [-0.25, -0.2) is 0 Å². The van der Waals surface area contributed by atoms with Crippen LogP contribution in [0, 0.1) is 0 Å². The van der Waals surface area contributed by atoms with Crippen molar-refractivity contribution in [2.75, 3.05) is 0 Å². The summed E-state index contributed by atoms with van der Waals surface area (Å²) in [4.78, 5) is 0. The molecule has 0 radical (unpaired) electrons. The minimum atomic E-state index is -0.373. The summed E-state index contributed by atoms with van der Waals surface area (Å²) in [6.07, 6.45) is 0. The second kappa shape index (κ2) is 6.91. The molecular formula is C24H18BNO2. The zero-order chi connectivity index (χ0) is 18.9. The molecule has 0 spiro atoms. The number of para-hydroxylation sites is 3. The van der Waals surface area contributed by atoms with Crippen molar-refractivity contribution in [3.8, 4) is 22.6 Å². The third kappa shape index (κ3) is 2.58. The summed E-state index contributed by atoms with van der Waals surface area (Å²) < 4.78 is 7.89. The van der Waals surface area contributed by atoms with E-state index in [-0.39, 0.29) is 7.69 Å². The van der Waals surface area contributed by atoms with Gasteiger partial charge in [0.15, 0.2) is 0 Å². The van der Waals surface area contributed by atoms with Crippen LogP contribution >= 0.6 is 0 Å². The zero-order valence-corrected chi connectivity index (χ0v) is 15.2. The van der Waals surface area contributed by atoms with Crippen LogP contribution in [-0.2, 0) is 0 Å². The van der Waals surface area contributed by atoms with Crippen LogP contribution in [-0.4, -0.2) is 17.3 Å². The third-order valence-corrected chi connectivity index (χ3v) is 5.11. The SMILES string of the molecule is OBOc1cccc(-c2ccccc2)c1-n1c2ccccc2c2ccccc21. The Hall–Kier alpha value is -3.50. The lowest BCUT2D eigenvalue weighted by Crippen LogP contribution is -2.06. The van der Waals surface area contributed by atoms with Gasteiger partial charge in [-0.05, 0) is 23.8 Å². The van der Waals surface area contributed by atoms with Crippen molar-refractivity contribution >= 4 is 29.5 Å². The molecule has 3 nitrogen and oxygen atoms in total. The lowest BCUT2D eigenvalue weighted by Gasteiger charge is -2.18. The number of hydrogen-bond acceptors (Lipinski definition) is 2. The smallest absolute Gasteiger partial charge is 0.504 e. The van der Waals surface area contributed by atoms with Crippen LogP contribution < -0.4 is 4.65 Å². The number of fused-ring (bicyclic) bond motifs is 3. The molecular weight excluding hydrogens is 345 g/mol. The third-order valence-electron chi connectivity index (χ3n) is 5.11. The normalized spacial score (nSPS) is 11.0. The average molecular weight is 363 g/mol. The van der Waals surface area contributed by atoms with Crippen molar-refractivity contribution in [1.82, 2.24) is 4.57 Å². The molecule has 1 aromatic heterocycles. The second-order valence-corrected chi connectivity index (χ2v) is 6.66. The van der Waals surface area contributed by atoms with Crippen LogP contribution in [0.25, 0.3) is 38.6 Å². The Bertz CT molecular complexity index is 1220. The number of benzene rings is 4. The number of rotatable bonds is 4. The number of hydrogen-bond donors (Lipinski definition) is 1. The van der Waals surface area contributed by atoms with Gasteiger partial charge in [-0.15, -0.1) is 0 Å². The fourth-order valence-corrected chi connectivity index (χ4v) is 3.95. The maximum absolute atomic E-state index is 9.50. The minimum Gasteiger partial charge on any atom is -0.537 e. The number of aromatic nitrogens is 1. The largest absolute Gasteiger partial charge is 0.537 e. The van der Waals surface area contributed by atoms with Crippen molar-refractivity contribution in [2.45, 2.75) is 0 Å². The quantitative estimate of drug-likeness (QED) is 0.452. The van der Waals surface area contributed by atoms with E-state index in [9.17, 15) is 5.02 Å². The van der Waals surface area contributed by atoms with Crippen molar-refractivity contribution in [1.29, 1.82) is 0 Å². The van der Waals surface area contributed by atoms with Gasteiger partial charge in [-0.2, -0.15) is 0 Å². The maximum Gasteiger partial charge on any atom is 0.504 e. The van der Waals surface area contributed by atoms with E-state index in [1.54, 1.807) is 0 Å². The van der Waals surface area contributed by atoms with Gasteiger partial charge in [-0.3, -0.25) is 0 Å². The summed E-state index contributed by atoms with van der Waals surface area (Å²) in [5, 5.41) is 11.9. The van der Waals surface area contributed by atoms with Crippen LogP contribution in [0.1, 0.15) is 0 Å². The molecule has 0 unspecified atom stereocenters. The van der Waals surface area contributed by atoms with Crippen molar-refractivity contribution < 1.29 is 9.68 Å². The molecule has 4 aromatic carbocycles. The van der Waals surface area contributed by atoms with Gasteiger partial charge in [0, 0.05) is 16.3 Å². The highest BCUT2D eigenvalue weighted by Crippen LogP contribution is 2.40. The van der Waals surface area contributed by atoms with E-state index in [1.807, 2.05) is 30.3 Å². The van der Waals surface area contributed by atoms with E-state index in [4.69, 9.17) is 4.65 Å². The topological polar surface area (TPSA) is 34.4 Å². The maximum atomic E-state index is 9.50. The Morgan fingerprint density at radius 3 is 1.89 bits per heavy atom. The molecule has 0 amide bonds. The predicted molar refractivity (Wildman–Crippen MR) is 116 cm³/mol. The first kappa shape index (κ1) is 16.7. The van der Waals surface area contributed by atoms with E-state index < -0.39 is 0 Å². The molecule has 0 aliphatic heterocycles. The Morgan fingerprint density at radius 2 is 1.25 bits per heavy atom. The first-order valence-corrected chi connectivity index (χ1v) is 9.29. The molecule has 0 atom stereocenters. The average Bonchev–Trinajstić information content (AvgIpc) is 3.09. The first-order chi connectivity index (χ1) is 13.9. The lowest BCUT2D eigenvalue weighted by atomic mass is 10.0. The van der Waals surface area contributed by atoms with Gasteiger partial charge in [0.05, 0.1) is 16.7 Å². The molecule has 134 valence electrons.